The fourth-order valence-electron chi connectivity index (χ4n) is 3.08. The number of esters is 2. The Balaban J connectivity index is 3.75. The number of hydrogen-bond acceptors (Lipinski definition) is 4. The molecule has 0 aliphatic carbocycles. The van der Waals surface area contributed by atoms with Crippen LogP contribution in [-0.2, 0) is 19.1 Å². The molecule has 0 saturated heterocycles. The summed E-state index contributed by atoms with van der Waals surface area (Å²) in [5, 5.41) is 0. The molecular weight excluding hydrogens is 328 g/mol. The number of carbonyl (C=O) groups excluding carboxylic acids is 2. The summed E-state index contributed by atoms with van der Waals surface area (Å²) in [4.78, 5) is 23.7. The van der Waals surface area contributed by atoms with E-state index in [4.69, 9.17) is 9.47 Å². The predicted molar refractivity (Wildman–Crippen MR) is 107 cm³/mol. The summed E-state index contributed by atoms with van der Waals surface area (Å²) in [6, 6.07) is 0. The van der Waals surface area contributed by atoms with E-state index in [0.717, 1.165) is 38.5 Å². The van der Waals surface area contributed by atoms with Crippen LogP contribution in [0.2, 0.25) is 0 Å². The van der Waals surface area contributed by atoms with E-state index in [0.29, 0.717) is 19.3 Å². The molecule has 0 rings (SSSR count). The topological polar surface area (TPSA) is 52.6 Å². The fourth-order valence-corrected chi connectivity index (χ4v) is 3.08. The quantitative estimate of drug-likeness (QED) is 0.221. The maximum absolute atomic E-state index is 11.9. The second kappa shape index (κ2) is 17.4. The van der Waals surface area contributed by atoms with Crippen molar-refractivity contribution in [3.8, 4) is 0 Å². The molecule has 0 fully saturated rings. The van der Waals surface area contributed by atoms with E-state index in [1.165, 1.54) is 32.1 Å². The van der Waals surface area contributed by atoms with E-state index in [1.54, 1.807) is 0 Å². The van der Waals surface area contributed by atoms with E-state index >= 15 is 0 Å². The van der Waals surface area contributed by atoms with Crippen molar-refractivity contribution < 1.29 is 19.1 Å². The maximum atomic E-state index is 11.9. The van der Waals surface area contributed by atoms with Crippen molar-refractivity contribution >= 4 is 11.9 Å². The van der Waals surface area contributed by atoms with Gasteiger partial charge in [-0.3, -0.25) is 9.59 Å². The molecule has 0 radical (unpaired) electrons. The molecule has 0 heterocycles. The smallest absolute Gasteiger partial charge is 0.306 e. The van der Waals surface area contributed by atoms with Gasteiger partial charge in [0.2, 0.25) is 0 Å². The van der Waals surface area contributed by atoms with E-state index < -0.39 is 0 Å². The zero-order valence-corrected chi connectivity index (χ0v) is 17.7. The highest BCUT2D eigenvalue weighted by molar-refractivity contribution is 5.72. The molecule has 0 amide bonds. The Hall–Kier alpha value is -1.06. The van der Waals surface area contributed by atoms with Crippen LogP contribution in [0.25, 0.3) is 0 Å². The van der Waals surface area contributed by atoms with Crippen molar-refractivity contribution in [1.29, 1.82) is 0 Å². The molecule has 0 spiro atoms. The third kappa shape index (κ3) is 15.2. The van der Waals surface area contributed by atoms with Gasteiger partial charge in [-0.25, -0.2) is 0 Å². The molecular formula is C22H42O4. The Labute approximate surface area is 161 Å². The van der Waals surface area contributed by atoms with E-state index in [2.05, 4.69) is 20.8 Å². The van der Waals surface area contributed by atoms with Gasteiger partial charge in [0.15, 0.2) is 0 Å². The SMILES string of the molecule is CCCCCCCCC(C)OC(=O)CCCC(=O)OC(CCC)CCC. The summed E-state index contributed by atoms with van der Waals surface area (Å²) in [6.45, 7) is 8.37. The van der Waals surface area contributed by atoms with Crippen molar-refractivity contribution in [3.05, 3.63) is 0 Å². The minimum Gasteiger partial charge on any atom is -0.463 e. The zero-order valence-electron chi connectivity index (χ0n) is 17.7. The molecule has 1 atom stereocenters. The lowest BCUT2D eigenvalue weighted by Gasteiger charge is -2.16. The van der Waals surface area contributed by atoms with Crippen LogP contribution in [0.5, 0.6) is 0 Å². The molecule has 0 aliphatic heterocycles. The minimum absolute atomic E-state index is 0.0286. The first kappa shape index (κ1) is 24.9. The van der Waals surface area contributed by atoms with Crippen molar-refractivity contribution in [2.24, 2.45) is 0 Å². The number of rotatable bonds is 17. The van der Waals surface area contributed by atoms with Crippen LogP contribution in [0.15, 0.2) is 0 Å². The van der Waals surface area contributed by atoms with Gasteiger partial charge in [-0.05, 0) is 39.0 Å². The van der Waals surface area contributed by atoms with Gasteiger partial charge in [0, 0.05) is 12.8 Å². The summed E-state index contributed by atoms with van der Waals surface area (Å²) >= 11 is 0. The molecule has 0 N–H and O–H groups in total. The lowest BCUT2D eigenvalue weighted by Crippen LogP contribution is -2.18. The number of unbranched alkanes of at least 4 members (excludes halogenated alkanes) is 5. The molecule has 154 valence electrons. The van der Waals surface area contributed by atoms with Crippen LogP contribution in [0, 0.1) is 0 Å². The standard InChI is InChI=1S/C22H42O4/c1-5-8-9-10-11-12-16-19(4)25-21(23)17-13-18-22(24)26-20(14-6-2)15-7-3/h19-20H,5-18H2,1-4H3. The summed E-state index contributed by atoms with van der Waals surface area (Å²) < 4.78 is 10.9. The van der Waals surface area contributed by atoms with E-state index in [1.807, 2.05) is 6.92 Å². The Morgan fingerprint density at radius 3 is 1.77 bits per heavy atom. The summed E-state index contributed by atoms with van der Waals surface area (Å²) in [6.07, 6.45) is 13.4. The van der Waals surface area contributed by atoms with Gasteiger partial charge < -0.3 is 9.47 Å². The molecule has 4 nitrogen and oxygen atoms in total. The summed E-state index contributed by atoms with van der Waals surface area (Å²) in [5.74, 6) is -0.389. The Morgan fingerprint density at radius 1 is 0.654 bits per heavy atom. The first-order valence-electron chi connectivity index (χ1n) is 10.9. The predicted octanol–water partition coefficient (Wildman–Crippen LogP) is 6.35. The van der Waals surface area contributed by atoms with Crippen LogP contribution in [0.4, 0.5) is 0 Å². The lowest BCUT2D eigenvalue weighted by atomic mass is 10.1. The Kier molecular flexibility index (Phi) is 16.7. The van der Waals surface area contributed by atoms with Crippen molar-refractivity contribution in [2.45, 2.75) is 130 Å². The van der Waals surface area contributed by atoms with Gasteiger partial charge in [0.1, 0.15) is 6.10 Å². The number of hydrogen-bond donors (Lipinski definition) is 0. The minimum atomic E-state index is -0.199. The van der Waals surface area contributed by atoms with Gasteiger partial charge >= 0.3 is 11.9 Å². The Bertz CT molecular complexity index is 348. The van der Waals surface area contributed by atoms with Gasteiger partial charge in [0.25, 0.3) is 0 Å². The fraction of sp³-hybridized carbons (Fsp3) is 0.909. The first-order valence-corrected chi connectivity index (χ1v) is 10.9. The molecule has 4 heteroatoms. The monoisotopic (exact) mass is 370 g/mol. The van der Waals surface area contributed by atoms with Crippen LogP contribution in [0.3, 0.4) is 0 Å². The van der Waals surface area contributed by atoms with Crippen molar-refractivity contribution in [2.75, 3.05) is 0 Å². The van der Waals surface area contributed by atoms with E-state index in [9.17, 15) is 9.59 Å². The van der Waals surface area contributed by atoms with Crippen LogP contribution >= 0.6 is 0 Å². The molecule has 0 saturated carbocycles. The van der Waals surface area contributed by atoms with Gasteiger partial charge in [0.05, 0.1) is 6.10 Å². The molecule has 0 aromatic carbocycles. The Morgan fingerprint density at radius 2 is 1.19 bits per heavy atom. The lowest BCUT2D eigenvalue weighted by molar-refractivity contribution is -0.151. The van der Waals surface area contributed by atoms with Crippen molar-refractivity contribution in [1.82, 2.24) is 0 Å². The largest absolute Gasteiger partial charge is 0.463 e. The average Bonchev–Trinajstić information content (AvgIpc) is 2.58. The van der Waals surface area contributed by atoms with E-state index in [-0.39, 0.29) is 24.1 Å². The van der Waals surface area contributed by atoms with Crippen LogP contribution in [-0.4, -0.2) is 24.1 Å². The molecule has 1 unspecified atom stereocenters. The van der Waals surface area contributed by atoms with Crippen LogP contribution in [0.1, 0.15) is 118 Å². The van der Waals surface area contributed by atoms with Gasteiger partial charge in [-0.15, -0.1) is 0 Å². The second-order valence-electron chi connectivity index (χ2n) is 7.40. The highest BCUT2D eigenvalue weighted by Crippen LogP contribution is 2.13. The molecule has 0 bridgehead atoms. The highest BCUT2D eigenvalue weighted by Gasteiger charge is 2.14. The van der Waals surface area contributed by atoms with Gasteiger partial charge in [-0.1, -0.05) is 65.7 Å². The molecule has 0 aromatic heterocycles. The second-order valence-corrected chi connectivity index (χ2v) is 7.40. The summed E-state index contributed by atoms with van der Waals surface area (Å²) in [5.41, 5.74) is 0. The number of carbonyl (C=O) groups is 2. The normalized spacial score (nSPS) is 12.2. The first-order chi connectivity index (χ1) is 12.5. The molecule has 0 aliphatic rings. The van der Waals surface area contributed by atoms with Crippen LogP contribution < -0.4 is 0 Å². The van der Waals surface area contributed by atoms with Crippen molar-refractivity contribution in [3.63, 3.8) is 0 Å². The third-order valence-corrected chi connectivity index (χ3v) is 4.58. The highest BCUT2D eigenvalue weighted by atomic mass is 16.5. The number of ether oxygens (including phenoxy) is 2. The molecule has 26 heavy (non-hydrogen) atoms. The molecule has 0 aromatic rings. The maximum Gasteiger partial charge on any atom is 0.306 e. The average molecular weight is 371 g/mol. The van der Waals surface area contributed by atoms with Gasteiger partial charge in [-0.2, -0.15) is 0 Å². The summed E-state index contributed by atoms with van der Waals surface area (Å²) in [7, 11) is 0. The zero-order chi connectivity index (χ0) is 19.6. The third-order valence-electron chi connectivity index (χ3n) is 4.58.